The molecule has 5 nitrogen and oxygen atoms in total. The van der Waals surface area contributed by atoms with E-state index >= 15 is 0 Å². The molecule has 1 aromatic heterocycles. The predicted molar refractivity (Wildman–Crippen MR) is 90.6 cm³/mol. The van der Waals surface area contributed by atoms with Crippen molar-refractivity contribution in [2.75, 3.05) is 12.4 Å². The van der Waals surface area contributed by atoms with E-state index in [1.807, 2.05) is 38.1 Å². The SMILES string of the molecule is COc1ccc(-c2n[nH]c(C3CC3)c2NC(=O)CC(C)C)cc1. The third-order valence-corrected chi connectivity index (χ3v) is 4.00. The first-order chi connectivity index (χ1) is 11.1. The first-order valence-electron chi connectivity index (χ1n) is 8.11. The van der Waals surface area contributed by atoms with E-state index in [9.17, 15) is 4.79 Å². The number of hydrogen-bond donors (Lipinski definition) is 2. The normalized spacial score (nSPS) is 14.1. The second-order valence-corrected chi connectivity index (χ2v) is 6.51. The van der Waals surface area contributed by atoms with Crippen molar-refractivity contribution in [3.63, 3.8) is 0 Å². The molecule has 1 saturated carbocycles. The zero-order chi connectivity index (χ0) is 16.4. The number of aromatic amines is 1. The van der Waals surface area contributed by atoms with Crippen LogP contribution in [-0.2, 0) is 4.79 Å². The summed E-state index contributed by atoms with van der Waals surface area (Å²) in [7, 11) is 1.65. The average molecular weight is 313 g/mol. The third-order valence-electron chi connectivity index (χ3n) is 4.00. The molecule has 1 aromatic carbocycles. The standard InChI is InChI=1S/C18H23N3O2/c1-11(2)10-15(22)19-18-16(12-4-5-12)20-21-17(18)13-6-8-14(23-3)9-7-13/h6-9,11-12H,4-5,10H2,1-3H3,(H,19,22)(H,20,21). The summed E-state index contributed by atoms with van der Waals surface area (Å²) in [5, 5.41) is 10.7. The van der Waals surface area contributed by atoms with E-state index in [4.69, 9.17) is 4.74 Å². The number of carbonyl (C=O) groups excluding carboxylic acids is 1. The molecule has 122 valence electrons. The number of amides is 1. The predicted octanol–water partition coefficient (Wildman–Crippen LogP) is 3.95. The van der Waals surface area contributed by atoms with E-state index in [1.54, 1.807) is 7.11 Å². The Morgan fingerprint density at radius 2 is 2.04 bits per heavy atom. The Hall–Kier alpha value is -2.30. The second kappa shape index (κ2) is 6.44. The molecule has 23 heavy (non-hydrogen) atoms. The van der Waals surface area contributed by atoms with Crippen molar-refractivity contribution >= 4 is 11.6 Å². The number of methoxy groups -OCH3 is 1. The van der Waals surface area contributed by atoms with Crippen molar-refractivity contribution < 1.29 is 9.53 Å². The first-order valence-corrected chi connectivity index (χ1v) is 8.11. The van der Waals surface area contributed by atoms with E-state index in [0.717, 1.165) is 41.2 Å². The van der Waals surface area contributed by atoms with Crippen molar-refractivity contribution in [3.05, 3.63) is 30.0 Å². The van der Waals surface area contributed by atoms with Gasteiger partial charge in [-0.2, -0.15) is 5.10 Å². The maximum atomic E-state index is 12.2. The van der Waals surface area contributed by atoms with Gasteiger partial charge in [0.2, 0.25) is 5.91 Å². The minimum absolute atomic E-state index is 0.0399. The molecule has 1 amide bonds. The Kier molecular flexibility index (Phi) is 4.37. The molecule has 0 radical (unpaired) electrons. The molecule has 0 spiro atoms. The van der Waals surface area contributed by atoms with Crippen LogP contribution in [-0.4, -0.2) is 23.2 Å². The Morgan fingerprint density at radius 1 is 1.35 bits per heavy atom. The maximum Gasteiger partial charge on any atom is 0.224 e. The Morgan fingerprint density at radius 3 is 2.61 bits per heavy atom. The molecule has 2 N–H and O–H groups in total. The van der Waals surface area contributed by atoms with Crippen LogP contribution < -0.4 is 10.1 Å². The van der Waals surface area contributed by atoms with Gasteiger partial charge < -0.3 is 10.1 Å². The van der Waals surface area contributed by atoms with Crippen LogP contribution in [0.15, 0.2) is 24.3 Å². The van der Waals surface area contributed by atoms with Crippen molar-refractivity contribution in [1.82, 2.24) is 10.2 Å². The molecule has 1 heterocycles. The summed E-state index contributed by atoms with van der Waals surface area (Å²) in [6.07, 6.45) is 2.81. The molecule has 0 bridgehead atoms. The van der Waals surface area contributed by atoms with Gasteiger partial charge in [-0.05, 0) is 43.0 Å². The number of benzene rings is 1. The number of nitrogens with zero attached hydrogens (tertiary/aromatic N) is 1. The zero-order valence-electron chi connectivity index (χ0n) is 13.8. The monoisotopic (exact) mass is 313 g/mol. The molecule has 0 unspecified atom stereocenters. The largest absolute Gasteiger partial charge is 0.497 e. The van der Waals surface area contributed by atoms with Crippen LogP contribution in [0.3, 0.4) is 0 Å². The lowest BCUT2D eigenvalue weighted by molar-refractivity contribution is -0.116. The summed E-state index contributed by atoms with van der Waals surface area (Å²) in [6, 6.07) is 7.73. The number of aromatic nitrogens is 2. The molecule has 0 atom stereocenters. The highest BCUT2D eigenvalue weighted by molar-refractivity contribution is 5.95. The smallest absolute Gasteiger partial charge is 0.224 e. The zero-order valence-corrected chi connectivity index (χ0v) is 13.8. The quantitative estimate of drug-likeness (QED) is 0.848. The number of ether oxygens (including phenoxy) is 1. The summed E-state index contributed by atoms with van der Waals surface area (Å²) in [5.41, 5.74) is 3.65. The Bertz CT molecular complexity index is 685. The van der Waals surface area contributed by atoms with Crippen molar-refractivity contribution in [1.29, 1.82) is 0 Å². The molecule has 5 heteroatoms. The van der Waals surface area contributed by atoms with Gasteiger partial charge in [-0.15, -0.1) is 0 Å². The first kappa shape index (κ1) is 15.6. The average Bonchev–Trinajstić information content (AvgIpc) is 3.28. The summed E-state index contributed by atoms with van der Waals surface area (Å²) in [6.45, 7) is 4.09. The van der Waals surface area contributed by atoms with Crippen molar-refractivity contribution in [2.45, 2.75) is 39.0 Å². The summed E-state index contributed by atoms with van der Waals surface area (Å²) in [4.78, 5) is 12.2. The molecule has 0 saturated heterocycles. The van der Waals surface area contributed by atoms with E-state index in [2.05, 4.69) is 15.5 Å². The number of H-pyrrole nitrogens is 1. The van der Waals surface area contributed by atoms with Gasteiger partial charge in [0.05, 0.1) is 18.5 Å². The lowest BCUT2D eigenvalue weighted by Crippen LogP contribution is -2.15. The van der Waals surface area contributed by atoms with Gasteiger partial charge in [0.1, 0.15) is 11.4 Å². The van der Waals surface area contributed by atoms with Crippen LogP contribution in [0.25, 0.3) is 11.3 Å². The number of rotatable bonds is 6. The molecular weight excluding hydrogens is 290 g/mol. The van der Waals surface area contributed by atoms with Crippen LogP contribution in [0.4, 0.5) is 5.69 Å². The van der Waals surface area contributed by atoms with Gasteiger partial charge in [-0.3, -0.25) is 9.89 Å². The molecule has 0 aliphatic heterocycles. The highest BCUT2D eigenvalue weighted by Gasteiger charge is 2.30. The second-order valence-electron chi connectivity index (χ2n) is 6.51. The number of nitrogens with one attached hydrogen (secondary N) is 2. The van der Waals surface area contributed by atoms with Gasteiger partial charge in [-0.25, -0.2) is 0 Å². The Labute approximate surface area is 136 Å². The van der Waals surface area contributed by atoms with Crippen LogP contribution in [0.1, 0.15) is 44.7 Å². The molecular formula is C18H23N3O2. The maximum absolute atomic E-state index is 12.2. The molecule has 3 rings (SSSR count). The van der Waals surface area contributed by atoms with E-state index in [-0.39, 0.29) is 5.91 Å². The fourth-order valence-electron chi connectivity index (χ4n) is 2.67. The topological polar surface area (TPSA) is 67.0 Å². The van der Waals surface area contributed by atoms with Crippen molar-refractivity contribution in [2.24, 2.45) is 5.92 Å². The molecule has 1 aliphatic carbocycles. The van der Waals surface area contributed by atoms with Gasteiger partial charge in [-0.1, -0.05) is 13.8 Å². The van der Waals surface area contributed by atoms with Gasteiger partial charge in [0.25, 0.3) is 0 Å². The van der Waals surface area contributed by atoms with Crippen LogP contribution in [0.2, 0.25) is 0 Å². The number of hydrogen-bond acceptors (Lipinski definition) is 3. The van der Waals surface area contributed by atoms with Gasteiger partial charge >= 0.3 is 0 Å². The van der Waals surface area contributed by atoms with Gasteiger partial charge in [0, 0.05) is 17.9 Å². The molecule has 2 aromatic rings. The highest BCUT2D eigenvalue weighted by atomic mass is 16.5. The Balaban J connectivity index is 1.91. The third kappa shape index (κ3) is 3.55. The summed E-state index contributed by atoms with van der Waals surface area (Å²) in [5.74, 6) is 1.66. The molecule has 1 aliphatic rings. The van der Waals surface area contributed by atoms with E-state index in [1.165, 1.54) is 0 Å². The summed E-state index contributed by atoms with van der Waals surface area (Å²) >= 11 is 0. The van der Waals surface area contributed by atoms with Crippen LogP contribution >= 0.6 is 0 Å². The lowest BCUT2D eigenvalue weighted by Gasteiger charge is -2.10. The van der Waals surface area contributed by atoms with E-state index in [0.29, 0.717) is 18.3 Å². The fourth-order valence-corrected chi connectivity index (χ4v) is 2.67. The number of carbonyl (C=O) groups is 1. The lowest BCUT2D eigenvalue weighted by atomic mass is 10.1. The minimum atomic E-state index is 0.0399. The minimum Gasteiger partial charge on any atom is -0.497 e. The highest BCUT2D eigenvalue weighted by Crippen LogP contribution is 2.45. The van der Waals surface area contributed by atoms with Crippen LogP contribution in [0.5, 0.6) is 5.75 Å². The summed E-state index contributed by atoms with van der Waals surface area (Å²) < 4.78 is 5.20. The van der Waals surface area contributed by atoms with E-state index < -0.39 is 0 Å². The van der Waals surface area contributed by atoms with Gasteiger partial charge in [0.15, 0.2) is 0 Å². The van der Waals surface area contributed by atoms with Crippen molar-refractivity contribution in [3.8, 4) is 17.0 Å². The number of anilines is 1. The molecule has 1 fully saturated rings. The fraction of sp³-hybridized carbons (Fsp3) is 0.444. The van der Waals surface area contributed by atoms with Crippen LogP contribution in [0, 0.1) is 5.92 Å².